The van der Waals surface area contributed by atoms with Crippen LogP contribution in [0.2, 0.25) is 0 Å². The number of anilines is 1. The second-order valence-electron chi connectivity index (χ2n) is 3.67. The predicted molar refractivity (Wildman–Crippen MR) is 63.8 cm³/mol. The quantitative estimate of drug-likeness (QED) is 0.745. The Bertz CT molecular complexity index is 264. The summed E-state index contributed by atoms with van der Waals surface area (Å²) in [5.74, 6) is 0. The van der Waals surface area contributed by atoms with Gasteiger partial charge in [-0.15, -0.1) is 0 Å². The number of hydrogen-bond acceptors (Lipinski definition) is 1. The highest BCUT2D eigenvalue weighted by atomic mass is 14.9. The summed E-state index contributed by atoms with van der Waals surface area (Å²) in [4.78, 5) is 0. The number of rotatable bonds is 5. The summed E-state index contributed by atoms with van der Waals surface area (Å²) in [6.07, 6.45) is 3.48. The van der Waals surface area contributed by atoms with Crippen molar-refractivity contribution in [2.24, 2.45) is 0 Å². The van der Waals surface area contributed by atoms with Gasteiger partial charge in [0.1, 0.15) is 0 Å². The molecule has 0 saturated carbocycles. The van der Waals surface area contributed by atoms with Crippen molar-refractivity contribution in [3.8, 4) is 0 Å². The first kappa shape index (κ1) is 11.1. The smallest absolute Gasteiger partial charge is 0.0374 e. The number of nitrogens with one attached hydrogen (secondary N) is 1. The van der Waals surface area contributed by atoms with E-state index in [1.807, 2.05) is 0 Å². The van der Waals surface area contributed by atoms with Gasteiger partial charge < -0.3 is 5.32 Å². The van der Waals surface area contributed by atoms with Gasteiger partial charge in [-0.05, 0) is 30.9 Å². The fourth-order valence-electron chi connectivity index (χ4n) is 1.68. The predicted octanol–water partition coefficient (Wildman–Crippen LogP) is 3.85. The third kappa shape index (κ3) is 2.76. The molecule has 1 rings (SSSR count). The van der Waals surface area contributed by atoms with Gasteiger partial charge in [-0.2, -0.15) is 0 Å². The molecule has 1 aromatic carbocycles. The van der Waals surface area contributed by atoms with Crippen LogP contribution in [0.4, 0.5) is 5.69 Å². The molecule has 0 amide bonds. The maximum absolute atomic E-state index is 3.60. The first-order valence-corrected chi connectivity index (χ1v) is 5.66. The van der Waals surface area contributed by atoms with Crippen LogP contribution in [0.25, 0.3) is 0 Å². The number of para-hydroxylation sites is 1. The first-order valence-electron chi connectivity index (χ1n) is 5.66. The Hall–Kier alpha value is -0.980. The molecule has 0 aliphatic carbocycles. The topological polar surface area (TPSA) is 12.0 Å². The van der Waals surface area contributed by atoms with Crippen LogP contribution in [0, 0.1) is 0 Å². The van der Waals surface area contributed by atoms with E-state index in [1.165, 1.54) is 24.1 Å². The lowest BCUT2D eigenvalue weighted by molar-refractivity contribution is 0.670. The lowest BCUT2D eigenvalue weighted by Crippen LogP contribution is -2.17. The minimum absolute atomic E-state index is 0.614. The lowest BCUT2D eigenvalue weighted by atomic mass is 10.1. The summed E-state index contributed by atoms with van der Waals surface area (Å²) in [6, 6.07) is 9.20. The van der Waals surface area contributed by atoms with Crippen molar-refractivity contribution >= 4 is 5.69 Å². The SMILES string of the molecule is CCc1ccccc1NC(CC)CC. The summed E-state index contributed by atoms with van der Waals surface area (Å²) in [5, 5.41) is 3.60. The normalized spacial score (nSPS) is 10.6. The zero-order valence-corrected chi connectivity index (χ0v) is 9.51. The van der Waals surface area contributed by atoms with Crippen molar-refractivity contribution in [1.82, 2.24) is 0 Å². The Morgan fingerprint density at radius 2 is 1.71 bits per heavy atom. The number of aryl methyl sites for hydroxylation is 1. The number of benzene rings is 1. The maximum Gasteiger partial charge on any atom is 0.0374 e. The largest absolute Gasteiger partial charge is 0.382 e. The van der Waals surface area contributed by atoms with Crippen molar-refractivity contribution in [3.05, 3.63) is 29.8 Å². The summed E-state index contributed by atoms with van der Waals surface area (Å²) < 4.78 is 0. The molecule has 0 spiro atoms. The van der Waals surface area contributed by atoms with Crippen molar-refractivity contribution < 1.29 is 0 Å². The van der Waals surface area contributed by atoms with Crippen molar-refractivity contribution in [2.45, 2.75) is 46.1 Å². The molecule has 0 saturated heterocycles. The minimum atomic E-state index is 0.614. The highest BCUT2D eigenvalue weighted by Gasteiger charge is 2.04. The Morgan fingerprint density at radius 3 is 2.29 bits per heavy atom. The minimum Gasteiger partial charge on any atom is -0.382 e. The summed E-state index contributed by atoms with van der Waals surface area (Å²) in [6.45, 7) is 6.67. The van der Waals surface area contributed by atoms with Gasteiger partial charge in [-0.25, -0.2) is 0 Å². The van der Waals surface area contributed by atoms with E-state index in [4.69, 9.17) is 0 Å². The molecule has 1 aromatic rings. The van der Waals surface area contributed by atoms with Crippen molar-refractivity contribution in [1.29, 1.82) is 0 Å². The van der Waals surface area contributed by atoms with Crippen LogP contribution in [0.15, 0.2) is 24.3 Å². The zero-order chi connectivity index (χ0) is 10.4. The molecular formula is C13H21N. The molecule has 0 fully saturated rings. The molecule has 0 radical (unpaired) electrons. The molecule has 14 heavy (non-hydrogen) atoms. The zero-order valence-electron chi connectivity index (χ0n) is 9.51. The fraction of sp³-hybridized carbons (Fsp3) is 0.538. The Balaban J connectivity index is 2.74. The molecule has 0 aliphatic heterocycles. The third-order valence-corrected chi connectivity index (χ3v) is 2.74. The second-order valence-corrected chi connectivity index (χ2v) is 3.67. The van der Waals surface area contributed by atoms with Crippen LogP contribution in [-0.4, -0.2) is 6.04 Å². The van der Waals surface area contributed by atoms with E-state index < -0.39 is 0 Å². The fourth-order valence-corrected chi connectivity index (χ4v) is 1.68. The van der Waals surface area contributed by atoms with E-state index >= 15 is 0 Å². The van der Waals surface area contributed by atoms with Gasteiger partial charge in [-0.1, -0.05) is 39.0 Å². The van der Waals surface area contributed by atoms with Gasteiger partial charge in [0.25, 0.3) is 0 Å². The van der Waals surface area contributed by atoms with E-state index in [1.54, 1.807) is 0 Å². The van der Waals surface area contributed by atoms with Crippen LogP contribution >= 0.6 is 0 Å². The van der Waals surface area contributed by atoms with E-state index in [0.717, 1.165) is 6.42 Å². The number of hydrogen-bond donors (Lipinski definition) is 1. The Kier molecular flexibility index (Phi) is 4.51. The van der Waals surface area contributed by atoms with Crippen LogP contribution in [0.3, 0.4) is 0 Å². The molecule has 0 atom stereocenters. The average Bonchev–Trinajstić information content (AvgIpc) is 2.26. The molecule has 0 aliphatic rings. The van der Waals surface area contributed by atoms with Crippen LogP contribution in [0.1, 0.15) is 39.2 Å². The maximum atomic E-state index is 3.60. The highest BCUT2D eigenvalue weighted by Crippen LogP contribution is 2.17. The van der Waals surface area contributed by atoms with Gasteiger partial charge in [-0.3, -0.25) is 0 Å². The standard InChI is InChI=1S/C13H21N/c1-4-11-9-7-8-10-13(11)14-12(5-2)6-3/h7-10,12,14H,4-6H2,1-3H3. The molecule has 1 N–H and O–H groups in total. The lowest BCUT2D eigenvalue weighted by Gasteiger charge is -2.18. The third-order valence-electron chi connectivity index (χ3n) is 2.74. The summed E-state index contributed by atoms with van der Waals surface area (Å²) in [7, 11) is 0. The monoisotopic (exact) mass is 191 g/mol. The molecule has 78 valence electrons. The summed E-state index contributed by atoms with van der Waals surface area (Å²) >= 11 is 0. The van der Waals surface area contributed by atoms with Crippen LogP contribution < -0.4 is 5.32 Å². The molecule has 0 aromatic heterocycles. The van der Waals surface area contributed by atoms with E-state index in [2.05, 4.69) is 50.4 Å². The van der Waals surface area contributed by atoms with Gasteiger partial charge in [0, 0.05) is 11.7 Å². The second kappa shape index (κ2) is 5.69. The average molecular weight is 191 g/mol. The van der Waals surface area contributed by atoms with E-state index in [-0.39, 0.29) is 0 Å². The molecule has 1 heteroatoms. The van der Waals surface area contributed by atoms with Gasteiger partial charge in [0.15, 0.2) is 0 Å². The Morgan fingerprint density at radius 1 is 1.07 bits per heavy atom. The van der Waals surface area contributed by atoms with Crippen LogP contribution in [-0.2, 0) is 6.42 Å². The van der Waals surface area contributed by atoms with Crippen LogP contribution in [0.5, 0.6) is 0 Å². The molecule has 1 nitrogen and oxygen atoms in total. The Labute approximate surface area is 87.5 Å². The van der Waals surface area contributed by atoms with Gasteiger partial charge in [0.05, 0.1) is 0 Å². The van der Waals surface area contributed by atoms with E-state index in [9.17, 15) is 0 Å². The highest BCUT2D eigenvalue weighted by molar-refractivity contribution is 5.51. The molecule has 0 bridgehead atoms. The van der Waals surface area contributed by atoms with E-state index in [0.29, 0.717) is 6.04 Å². The first-order chi connectivity index (χ1) is 6.81. The van der Waals surface area contributed by atoms with Gasteiger partial charge >= 0.3 is 0 Å². The molecular weight excluding hydrogens is 170 g/mol. The van der Waals surface area contributed by atoms with Gasteiger partial charge in [0.2, 0.25) is 0 Å². The molecule has 0 unspecified atom stereocenters. The van der Waals surface area contributed by atoms with Crippen molar-refractivity contribution in [3.63, 3.8) is 0 Å². The summed E-state index contributed by atoms with van der Waals surface area (Å²) in [5.41, 5.74) is 2.73. The molecule has 0 heterocycles. The van der Waals surface area contributed by atoms with Crippen molar-refractivity contribution in [2.75, 3.05) is 5.32 Å².